The van der Waals surface area contributed by atoms with Crippen molar-refractivity contribution in [3.8, 4) is 5.75 Å². The van der Waals surface area contributed by atoms with E-state index < -0.39 is 4.92 Å². The minimum absolute atomic E-state index is 0.0896. The number of halogens is 3. The molecule has 2 aromatic carbocycles. The van der Waals surface area contributed by atoms with Gasteiger partial charge >= 0.3 is 0 Å². The van der Waals surface area contributed by atoms with Crippen LogP contribution < -0.4 is 5.32 Å². The molecular weight excluding hydrogens is 690 g/mol. The third-order valence-corrected chi connectivity index (χ3v) is 6.53. The average Bonchev–Trinajstić information content (AvgIpc) is 2.99. The van der Waals surface area contributed by atoms with E-state index in [2.05, 4.69) is 54.0 Å². The Labute approximate surface area is 204 Å². The molecule has 1 fully saturated rings. The number of aromatic hydroxyl groups is 1. The van der Waals surface area contributed by atoms with Crippen LogP contribution in [0, 0.1) is 17.3 Å². The van der Waals surface area contributed by atoms with Gasteiger partial charge in [0, 0.05) is 15.2 Å². The van der Waals surface area contributed by atoms with Crippen molar-refractivity contribution in [3.05, 3.63) is 68.1 Å². The van der Waals surface area contributed by atoms with Gasteiger partial charge in [0.25, 0.3) is 11.6 Å². The molecule has 0 unspecified atom stereocenters. The van der Waals surface area contributed by atoms with Crippen molar-refractivity contribution in [1.29, 1.82) is 0 Å². The fourth-order valence-corrected chi connectivity index (χ4v) is 5.27. The van der Waals surface area contributed by atoms with Crippen LogP contribution in [0.1, 0.15) is 11.1 Å². The number of carbonyl (C=O) groups excluding carboxylic acids is 1. The maximum absolute atomic E-state index is 12.1. The Balaban J connectivity index is 1.79. The second kappa shape index (κ2) is 9.53. The minimum atomic E-state index is -0.503. The number of carbonyl (C=O) groups is 1. The van der Waals surface area contributed by atoms with Gasteiger partial charge in [-0.1, -0.05) is 6.07 Å². The zero-order valence-electron chi connectivity index (χ0n) is 14.1. The Bertz CT molecular complexity index is 1120. The van der Waals surface area contributed by atoms with Crippen molar-refractivity contribution in [3.63, 3.8) is 0 Å². The number of amides is 1. The van der Waals surface area contributed by atoms with E-state index in [1.807, 2.05) is 28.7 Å². The average molecular weight is 699 g/mol. The molecule has 148 valence electrons. The van der Waals surface area contributed by atoms with Crippen molar-refractivity contribution in [2.24, 2.45) is 10.2 Å². The van der Waals surface area contributed by atoms with Crippen LogP contribution in [-0.2, 0) is 4.79 Å². The summed E-state index contributed by atoms with van der Waals surface area (Å²) in [5, 5.41) is 31.8. The van der Waals surface area contributed by atoms with Gasteiger partial charge in [-0.2, -0.15) is 5.10 Å². The standard InChI is InChI=1S/C17H9BrI2N4O4S/c18-11-2-1-8(3-13(11)24(27)28)4-14-16(26)22-17(29-14)23-21-7-9-5-10(19)6-12(20)15(9)25/h1-7,25H,(H,22,23,26)/b14-4?,21-7+. The number of hydrogen-bond acceptors (Lipinski definition) is 7. The van der Waals surface area contributed by atoms with Crippen LogP contribution in [0.3, 0.4) is 0 Å². The summed E-state index contributed by atoms with van der Waals surface area (Å²) < 4.78 is 2.00. The number of benzene rings is 2. The van der Waals surface area contributed by atoms with E-state index in [9.17, 15) is 20.0 Å². The van der Waals surface area contributed by atoms with Gasteiger partial charge in [-0.05, 0) is 103 Å². The normalized spacial score (nSPS) is 16.7. The van der Waals surface area contributed by atoms with Crippen LogP contribution in [0.4, 0.5) is 5.69 Å². The van der Waals surface area contributed by atoms with Crippen molar-refractivity contribution in [2.75, 3.05) is 0 Å². The van der Waals surface area contributed by atoms with E-state index in [1.54, 1.807) is 24.3 Å². The summed E-state index contributed by atoms with van der Waals surface area (Å²) in [7, 11) is 0. The zero-order chi connectivity index (χ0) is 21.1. The Morgan fingerprint density at radius 3 is 2.76 bits per heavy atom. The van der Waals surface area contributed by atoms with Gasteiger partial charge < -0.3 is 5.11 Å². The summed E-state index contributed by atoms with van der Waals surface area (Å²) in [5.41, 5.74) is 0.937. The summed E-state index contributed by atoms with van der Waals surface area (Å²) >= 11 is 8.35. The van der Waals surface area contributed by atoms with Gasteiger partial charge in [-0.15, -0.1) is 5.10 Å². The molecule has 12 heteroatoms. The Morgan fingerprint density at radius 2 is 2.03 bits per heavy atom. The molecule has 0 aromatic heterocycles. The second-order valence-corrected chi connectivity index (χ2v) is 9.80. The number of hydrogen-bond donors (Lipinski definition) is 2. The van der Waals surface area contributed by atoms with Crippen molar-refractivity contribution < 1.29 is 14.8 Å². The third-order valence-electron chi connectivity index (χ3n) is 3.52. The zero-order valence-corrected chi connectivity index (χ0v) is 20.8. The van der Waals surface area contributed by atoms with Crippen LogP contribution in [0.5, 0.6) is 5.75 Å². The molecule has 1 aliphatic heterocycles. The lowest BCUT2D eigenvalue weighted by molar-refractivity contribution is -0.385. The van der Waals surface area contributed by atoms with E-state index >= 15 is 0 Å². The van der Waals surface area contributed by atoms with E-state index in [4.69, 9.17) is 0 Å². The summed E-state index contributed by atoms with van der Waals surface area (Å²) in [6, 6.07) is 8.17. The number of phenolic OH excluding ortho intramolecular Hbond substituents is 1. The summed E-state index contributed by atoms with van der Waals surface area (Å²) in [6.07, 6.45) is 2.94. The number of thioether (sulfide) groups is 1. The molecule has 2 N–H and O–H groups in total. The highest BCUT2D eigenvalue weighted by Crippen LogP contribution is 2.30. The minimum Gasteiger partial charge on any atom is -0.506 e. The van der Waals surface area contributed by atoms with E-state index in [0.29, 0.717) is 24.1 Å². The molecule has 1 saturated heterocycles. The first-order valence-electron chi connectivity index (χ1n) is 7.68. The highest BCUT2D eigenvalue weighted by atomic mass is 127. The number of nitro benzene ring substituents is 1. The van der Waals surface area contributed by atoms with Crippen molar-refractivity contribution >= 4 is 102 Å². The first-order chi connectivity index (χ1) is 13.7. The highest BCUT2D eigenvalue weighted by Gasteiger charge is 2.24. The lowest BCUT2D eigenvalue weighted by Crippen LogP contribution is -2.19. The molecule has 1 amide bonds. The van der Waals surface area contributed by atoms with Gasteiger partial charge in [0.05, 0.1) is 24.1 Å². The van der Waals surface area contributed by atoms with Gasteiger partial charge in [-0.25, -0.2) is 0 Å². The first-order valence-corrected chi connectivity index (χ1v) is 11.4. The monoisotopic (exact) mass is 698 g/mol. The second-order valence-electron chi connectivity index (χ2n) is 5.51. The van der Waals surface area contributed by atoms with Crippen LogP contribution in [0.15, 0.2) is 49.9 Å². The van der Waals surface area contributed by atoms with E-state index in [0.717, 1.165) is 15.3 Å². The molecule has 8 nitrogen and oxygen atoms in total. The van der Waals surface area contributed by atoms with Gasteiger partial charge in [0.2, 0.25) is 0 Å². The topological polar surface area (TPSA) is 117 Å². The lowest BCUT2D eigenvalue weighted by atomic mass is 10.2. The van der Waals surface area contributed by atoms with Crippen molar-refractivity contribution in [1.82, 2.24) is 5.32 Å². The van der Waals surface area contributed by atoms with Crippen LogP contribution in [-0.4, -0.2) is 27.3 Å². The molecule has 1 heterocycles. The highest BCUT2D eigenvalue weighted by molar-refractivity contribution is 14.1. The van der Waals surface area contributed by atoms with E-state index in [1.165, 1.54) is 12.3 Å². The maximum Gasteiger partial charge on any atom is 0.284 e. The Kier molecular flexibility index (Phi) is 7.28. The fourth-order valence-electron chi connectivity index (χ4n) is 2.21. The van der Waals surface area contributed by atoms with Crippen LogP contribution >= 0.6 is 72.9 Å². The largest absolute Gasteiger partial charge is 0.506 e. The fraction of sp³-hybridized carbons (Fsp3) is 0. The number of phenols is 1. The summed E-state index contributed by atoms with van der Waals surface area (Å²) in [4.78, 5) is 23.0. The molecule has 0 spiro atoms. The first kappa shape index (κ1) is 22.2. The molecule has 2 aromatic rings. The Morgan fingerprint density at radius 1 is 1.28 bits per heavy atom. The molecule has 0 aliphatic carbocycles. The molecule has 3 rings (SSSR count). The Hall–Kier alpha value is -1.52. The molecule has 0 atom stereocenters. The molecule has 0 bridgehead atoms. The predicted octanol–water partition coefficient (Wildman–Crippen LogP) is 4.87. The van der Waals surface area contributed by atoms with Gasteiger partial charge in [0.15, 0.2) is 5.17 Å². The number of amidine groups is 1. The molecule has 0 radical (unpaired) electrons. The maximum atomic E-state index is 12.1. The predicted molar refractivity (Wildman–Crippen MR) is 133 cm³/mol. The molecular formula is C17H9BrI2N4O4S. The van der Waals surface area contributed by atoms with Gasteiger partial charge in [-0.3, -0.25) is 20.2 Å². The van der Waals surface area contributed by atoms with E-state index in [-0.39, 0.29) is 22.5 Å². The summed E-state index contributed by atoms with van der Waals surface area (Å²) in [6.45, 7) is 0. The van der Waals surface area contributed by atoms with Crippen LogP contribution in [0.2, 0.25) is 0 Å². The van der Waals surface area contributed by atoms with Crippen LogP contribution in [0.25, 0.3) is 6.08 Å². The van der Waals surface area contributed by atoms with Gasteiger partial charge in [0.1, 0.15) is 5.75 Å². The number of rotatable bonds is 4. The molecule has 0 saturated carbocycles. The SMILES string of the molecule is O=C1N/C(=N/N=C/c2cc(I)cc(I)c2O)SC1=Cc1ccc(Br)c([N+](=O)[O-])c1. The number of nitro groups is 1. The third kappa shape index (κ3) is 5.55. The number of nitrogens with one attached hydrogen (secondary N) is 1. The summed E-state index contributed by atoms with van der Waals surface area (Å²) in [5.74, 6) is -0.267. The number of nitrogens with zero attached hydrogens (tertiary/aromatic N) is 3. The molecule has 29 heavy (non-hydrogen) atoms. The molecule has 1 aliphatic rings. The quantitative estimate of drug-likeness (QED) is 0.156. The van der Waals surface area contributed by atoms with Crippen molar-refractivity contribution in [2.45, 2.75) is 0 Å². The smallest absolute Gasteiger partial charge is 0.284 e. The lowest BCUT2D eigenvalue weighted by Gasteiger charge is -2.01.